The van der Waals surface area contributed by atoms with E-state index in [2.05, 4.69) is 27.6 Å². The van der Waals surface area contributed by atoms with Crippen LogP contribution in [-0.2, 0) is 11.2 Å². The van der Waals surface area contributed by atoms with E-state index in [4.69, 9.17) is 4.42 Å². The molecule has 2 atom stereocenters. The van der Waals surface area contributed by atoms with Crippen molar-refractivity contribution in [3.05, 3.63) is 84.3 Å². The van der Waals surface area contributed by atoms with Gasteiger partial charge in [0.15, 0.2) is 11.0 Å². The van der Waals surface area contributed by atoms with Crippen molar-refractivity contribution in [3.8, 4) is 17.1 Å². The largest absolute Gasteiger partial charge is 0.469 e. The molecule has 0 aliphatic heterocycles. The summed E-state index contributed by atoms with van der Waals surface area (Å²) in [6.45, 7) is 5.85. The average Bonchev–Trinajstić information content (AvgIpc) is 3.44. The second-order valence-electron chi connectivity index (χ2n) is 8.06. The molecule has 2 aromatic carbocycles. The molecule has 1 N–H and O–H groups in total. The molecule has 0 fully saturated rings. The summed E-state index contributed by atoms with van der Waals surface area (Å²) < 4.78 is 7.46. The van der Waals surface area contributed by atoms with Crippen molar-refractivity contribution in [2.75, 3.05) is 0 Å². The zero-order valence-electron chi connectivity index (χ0n) is 19.1. The topological polar surface area (TPSA) is 72.9 Å². The molecular weight excluding hydrogens is 432 g/mol. The van der Waals surface area contributed by atoms with Crippen LogP contribution in [0.25, 0.3) is 17.1 Å². The summed E-state index contributed by atoms with van der Waals surface area (Å²) in [5.41, 5.74) is 3.09. The van der Waals surface area contributed by atoms with Crippen LogP contribution < -0.4 is 5.32 Å². The van der Waals surface area contributed by atoms with E-state index in [1.54, 1.807) is 6.26 Å². The van der Waals surface area contributed by atoms with Crippen molar-refractivity contribution >= 4 is 17.7 Å². The lowest BCUT2D eigenvalue weighted by Crippen LogP contribution is -2.38. The fraction of sp³-hybridized carbons (Fsp3) is 0.269. The van der Waals surface area contributed by atoms with Crippen LogP contribution in [-0.4, -0.2) is 32.0 Å². The lowest BCUT2D eigenvalue weighted by Gasteiger charge is -2.18. The van der Waals surface area contributed by atoms with Gasteiger partial charge >= 0.3 is 0 Å². The second kappa shape index (κ2) is 10.5. The summed E-state index contributed by atoms with van der Waals surface area (Å²) >= 11 is 1.40. The minimum atomic E-state index is -0.325. The molecule has 4 aromatic rings. The van der Waals surface area contributed by atoms with Gasteiger partial charge in [-0.25, -0.2) is 0 Å². The van der Waals surface area contributed by atoms with E-state index in [1.165, 1.54) is 17.3 Å². The normalized spacial score (nSPS) is 12.9. The number of aryl methyl sites for hydroxylation is 2. The monoisotopic (exact) mass is 460 g/mol. The maximum Gasteiger partial charge on any atom is 0.233 e. The Morgan fingerprint density at radius 2 is 1.73 bits per heavy atom. The van der Waals surface area contributed by atoms with Crippen molar-refractivity contribution in [1.82, 2.24) is 20.1 Å². The van der Waals surface area contributed by atoms with E-state index in [-0.39, 0.29) is 17.2 Å². The second-order valence-corrected chi connectivity index (χ2v) is 9.37. The number of carbonyl (C=O) groups excluding carboxylic acids is 1. The van der Waals surface area contributed by atoms with E-state index in [9.17, 15) is 4.79 Å². The summed E-state index contributed by atoms with van der Waals surface area (Å²) in [5.74, 6) is 1.46. The third kappa shape index (κ3) is 5.54. The quantitative estimate of drug-likeness (QED) is 0.336. The molecule has 0 saturated carbocycles. The molecule has 4 rings (SSSR count). The number of amides is 1. The van der Waals surface area contributed by atoms with E-state index in [0.717, 1.165) is 29.9 Å². The van der Waals surface area contributed by atoms with Gasteiger partial charge in [0.05, 0.1) is 17.1 Å². The van der Waals surface area contributed by atoms with Crippen LogP contribution in [0.2, 0.25) is 0 Å². The van der Waals surface area contributed by atoms with Gasteiger partial charge in [0, 0.05) is 11.7 Å². The van der Waals surface area contributed by atoms with Crippen LogP contribution in [0, 0.1) is 6.92 Å². The van der Waals surface area contributed by atoms with E-state index >= 15 is 0 Å². The predicted molar refractivity (Wildman–Crippen MR) is 131 cm³/mol. The Morgan fingerprint density at radius 3 is 2.39 bits per heavy atom. The molecule has 0 spiro atoms. The number of carbonyl (C=O) groups is 1. The Hall–Kier alpha value is -3.32. The molecular formula is C26H28N4O2S. The molecule has 2 aromatic heterocycles. The minimum absolute atomic E-state index is 0.00999. The highest BCUT2D eigenvalue weighted by Crippen LogP contribution is 2.31. The SMILES string of the molecule is Cc1occc1-c1nnc(S[C@H](C)C(=O)N[C@H](C)CCc2ccccc2)n1-c1ccccc1. The summed E-state index contributed by atoms with van der Waals surface area (Å²) in [6, 6.07) is 22.2. The number of rotatable bonds is 9. The summed E-state index contributed by atoms with van der Waals surface area (Å²) in [5, 5.41) is 12.3. The average molecular weight is 461 g/mol. The van der Waals surface area contributed by atoms with Crippen LogP contribution in [0.5, 0.6) is 0 Å². The molecule has 2 heterocycles. The van der Waals surface area contributed by atoms with Crippen LogP contribution in [0.15, 0.2) is 82.6 Å². The first-order valence-electron chi connectivity index (χ1n) is 11.1. The van der Waals surface area contributed by atoms with Crippen LogP contribution in [0.4, 0.5) is 0 Å². The van der Waals surface area contributed by atoms with Gasteiger partial charge in [0.1, 0.15) is 5.76 Å². The maximum atomic E-state index is 12.9. The summed E-state index contributed by atoms with van der Waals surface area (Å²) in [7, 11) is 0. The molecule has 33 heavy (non-hydrogen) atoms. The smallest absolute Gasteiger partial charge is 0.233 e. The van der Waals surface area contributed by atoms with E-state index < -0.39 is 0 Å². The molecule has 0 bridgehead atoms. The zero-order valence-corrected chi connectivity index (χ0v) is 19.9. The van der Waals surface area contributed by atoms with Gasteiger partial charge in [0.25, 0.3) is 0 Å². The Balaban J connectivity index is 1.47. The minimum Gasteiger partial charge on any atom is -0.469 e. The van der Waals surface area contributed by atoms with Gasteiger partial charge in [-0.05, 0) is 57.4 Å². The van der Waals surface area contributed by atoms with Gasteiger partial charge in [-0.2, -0.15) is 0 Å². The molecule has 0 aliphatic carbocycles. The third-order valence-corrected chi connectivity index (χ3v) is 6.54. The van der Waals surface area contributed by atoms with Gasteiger partial charge in [0.2, 0.25) is 5.91 Å². The Bertz CT molecular complexity index is 1190. The Kier molecular flexibility index (Phi) is 7.29. The molecule has 0 aliphatic rings. The summed E-state index contributed by atoms with van der Waals surface area (Å²) in [4.78, 5) is 12.9. The number of benzene rings is 2. The first-order chi connectivity index (χ1) is 16.0. The van der Waals surface area contributed by atoms with Crippen molar-refractivity contribution in [2.24, 2.45) is 0 Å². The van der Waals surface area contributed by atoms with E-state index in [1.807, 2.05) is 79.9 Å². The van der Waals surface area contributed by atoms with Crippen molar-refractivity contribution in [1.29, 1.82) is 0 Å². The molecule has 0 radical (unpaired) electrons. The van der Waals surface area contributed by atoms with Crippen LogP contribution >= 0.6 is 11.8 Å². The number of nitrogens with one attached hydrogen (secondary N) is 1. The lowest BCUT2D eigenvalue weighted by atomic mass is 10.1. The van der Waals surface area contributed by atoms with Gasteiger partial charge in [-0.1, -0.05) is 60.3 Å². The number of thioether (sulfide) groups is 1. The van der Waals surface area contributed by atoms with Crippen LogP contribution in [0.3, 0.4) is 0 Å². The number of nitrogens with zero attached hydrogens (tertiary/aromatic N) is 3. The standard InChI is InChI=1S/C26H28N4O2S/c1-18(14-15-21-10-6-4-7-11-21)27-25(31)20(3)33-26-29-28-24(23-16-17-32-19(23)2)30(26)22-12-8-5-9-13-22/h4-13,16-18,20H,14-15H2,1-3H3,(H,27,31)/t18-,20-/m1/s1. The Morgan fingerprint density at radius 1 is 1.03 bits per heavy atom. The first-order valence-corrected chi connectivity index (χ1v) is 12.0. The molecule has 170 valence electrons. The Labute approximate surface area is 198 Å². The molecule has 0 unspecified atom stereocenters. The van der Waals surface area contributed by atoms with Crippen LogP contribution in [0.1, 0.15) is 31.6 Å². The lowest BCUT2D eigenvalue weighted by molar-refractivity contribution is -0.120. The molecule has 6 nitrogen and oxygen atoms in total. The van der Waals surface area contributed by atoms with Gasteiger partial charge < -0.3 is 9.73 Å². The number of hydrogen-bond donors (Lipinski definition) is 1. The van der Waals surface area contributed by atoms with Gasteiger partial charge in [-0.15, -0.1) is 10.2 Å². The van der Waals surface area contributed by atoms with Crippen molar-refractivity contribution in [3.63, 3.8) is 0 Å². The van der Waals surface area contributed by atoms with E-state index in [0.29, 0.717) is 11.0 Å². The van der Waals surface area contributed by atoms with Crippen molar-refractivity contribution in [2.45, 2.75) is 50.1 Å². The number of furan rings is 1. The number of para-hydroxylation sites is 1. The zero-order chi connectivity index (χ0) is 23.2. The highest BCUT2D eigenvalue weighted by atomic mass is 32.2. The molecule has 1 amide bonds. The highest BCUT2D eigenvalue weighted by molar-refractivity contribution is 8.00. The van der Waals surface area contributed by atoms with Crippen molar-refractivity contribution < 1.29 is 9.21 Å². The number of hydrogen-bond acceptors (Lipinski definition) is 5. The molecule has 7 heteroatoms. The predicted octanol–water partition coefficient (Wildman–Crippen LogP) is 5.45. The third-order valence-electron chi connectivity index (χ3n) is 5.50. The molecule has 0 saturated heterocycles. The maximum absolute atomic E-state index is 12.9. The number of aromatic nitrogens is 3. The fourth-order valence-corrected chi connectivity index (χ4v) is 4.50. The first kappa shape index (κ1) is 22.9. The van der Waals surface area contributed by atoms with Gasteiger partial charge in [-0.3, -0.25) is 9.36 Å². The fourth-order valence-electron chi connectivity index (χ4n) is 3.62. The summed E-state index contributed by atoms with van der Waals surface area (Å²) in [6.07, 6.45) is 3.46. The highest BCUT2D eigenvalue weighted by Gasteiger charge is 2.23.